The van der Waals surface area contributed by atoms with Crippen molar-refractivity contribution in [3.05, 3.63) is 76.5 Å². The van der Waals surface area contributed by atoms with Gasteiger partial charge >= 0.3 is 0 Å². The molecule has 3 aromatic rings. The van der Waals surface area contributed by atoms with Crippen molar-refractivity contribution in [2.75, 3.05) is 10.6 Å². The minimum Gasteiger partial charge on any atom is -0.322 e. The highest BCUT2D eigenvalue weighted by Gasteiger charge is 2.28. The molecule has 4 rings (SSSR count). The van der Waals surface area contributed by atoms with E-state index in [1.807, 2.05) is 5.38 Å². The Labute approximate surface area is 178 Å². The molecular weight excluding hydrogens is 422 g/mol. The predicted octanol–water partition coefficient (Wildman–Crippen LogP) is 3.69. The highest BCUT2D eigenvalue weighted by Crippen LogP contribution is 2.23. The number of hydrogen-bond donors (Lipinski definition) is 3. The van der Waals surface area contributed by atoms with Crippen LogP contribution in [0.3, 0.4) is 0 Å². The van der Waals surface area contributed by atoms with Crippen molar-refractivity contribution in [1.82, 2.24) is 4.72 Å². The normalized spacial score (nSPS) is 13.6. The minimum atomic E-state index is -3.56. The fraction of sp³-hybridized carbons (Fsp3) is 0.143. The second-order valence-electron chi connectivity index (χ2n) is 6.89. The molecule has 1 saturated carbocycles. The topological polar surface area (TPSA) is 104 Å². The van der Waals surface area contributed by atoms with E-state index < -0.39 is 10.0 Å². The summed E-state index contributed by atoms with van der Waals surface area (Å²) in [6.45, 7) is 0. The highest BCUT2D eigenvalue weighted by atomic mass is 32.2. The van der Waals surface area contributed by atoms with Crippen molar-refractivity contribution in [2.24, 2.45) is 0 Å². The number of carbonyl (C=O) groups is 2. The van der Waals surface area contributed by atoms with Crippen LogP contribution in [0.4, 0.5) is 11.4 Å². The molecule has 2 amide bonds. The molecule has 0 spiro atoms. The van der Waals surface area contributed by atoms with E-state index >= 15 is 0 Å². The summed E-state index contributed by atoms with van der Waals surface area (Å²) >= 11 is 1.34. The zero-order valence-electron chi connectivity index (χ0n) is 15.8. The number of hydrogen-bond acceptors (Lipinski definition) is 5. The van der Waals surface area contributed by atoms with E-state index in [9.17, 15) is 18.0 Å². The maximum atomic E-state index is 12.5. The lowest BCUT2D eigenvalue weighted by Gasteiger charge is -2.09. The van der Waals surface area contributed by atoms with E-state index in [1.165, 1.54) is 35.6 Å². The number of carbonyl (C=O) groups excluding carboxylic acids is 2. The van der Waals surface area contributed by atoms with Gasteiger partial charge in [-0.15, -0.1) is 11.3 Å². The fourth-order valence-electron chi connectivity index (χ4n) is 2.75. The zero-order chi connectivity index (χ0) is 21.1. The number of rotatable bonds is 7. The average molecular weight is 442 g/mol. The number of thiophene rings is 1. The molecule has 2 aromatic carbocycles. The van der Waals surface area contributed by atoms with Crippen LogP contribution in [0.1, 0.15) is 32.9 Å². The Morgan fingerprint density at radius 2 is 1.53 bits per heavy atom. The fourth-order valence-corrected chi connectivity index (χ4v) is 4.68. The van der Waals surface area contributed by atoms with Gasteiger partial charge in [0.15, 0.2) is 0 Å². The third kappa shape index (κ3) is 4.93. The smallest absolute Gasteiger partial charge is 0.265 e. The van der Waals surface area contributed by atoms with Crippen molar-refractivity contribution in [3.63, 3.8) is 0 Å². The SMILES string of the molecule is O=C(Nc1cccc(NC(=O)c2cccs2)c1)c1ccc(S(=O)(=O)NC2CC2)cc1. The van der Waals surface area contributed by atoms with Crippen LogP contribution in [0.15, 0.2) is 70.9 Å². The molecule has 0 saturated heterocycles. The average Bonchev–Trinajstić information content (AvgIpc) is 3.35. The van der Waals surface area contributed by atoms with Gasteiger partial charge in [-0.05, 0) is 66.8 Å². The molecular formula is C21H19N3O4S2. The maximum absolute atomic E-state index is 12.5. The monoisotopic (exact) mass is 441 g/mol. The number of benzene rings is 2. The van der Waals surface area contributed by atoms with Gasteiger partial charge in [-0.1, -0.05) is 12.1 Å². The van der Waals surface area contributed by atoms with Gasteiger partial charge in [0, 0.05) is 23.0 Å². The zero-order valence-corrected chi connectivity index (χ0v) is 17.4. The highest BCUT2D eigenvalue weighted by molar-refractivity contribution is 7.89. The molecule has 1 heterocycles. The van der Waals surface area contributed by atoms with E-state index in [4.69, 9.17) is 0 Å². The predicted molar refractivity (Wildman–Crippen MR) is 116 cm³/mol. The van der Waals surface area contributed by atoms with Crippen molar-refractivity contribution >= 4 is 44.5 Å². The lowest BCUT2D eigenvalue weighted by atomic mass is 10.2. The van der Waals surface area contributed by atoms with Crippen molar-refractivity contribution in [2.45, 2.75) is 23.8 Å². The molecule has 0 bridgehead atoms. The number of amides is 2. The standard InChI is InChI=1S/C21H19N3O4S2/c25-20(14-6-10-18(11-7-14)30(27,28)24-15-8-9-15)22-16-3-1-4-17(13-16)23-21(26)19-5-2-12-29-19/h1-7,10-13,15,24H,8-9H2,(H,22,25)(H,23,26). The first-order chi connectivity index (χ1) is 14.4. The summed E-state index contributed by atoms with van der Waals surface area (Å²) in [5, 5.41) is 7.37. The van der Waals surface area contributed by atoms with E-state index in [0.717, 1.165) is 12.8 Å². The Morgan fingerprint density at radius 1 is 0.867 bits per heavy atom. The first-order valence-corrected chi connectivity index (χ1v) is 11.7. The van der Waals surface area contributed by atoms with Gasteiger partial charge in [-0.2, -0.15) is 0 Å². The van der Waals surface area contributed by atoms with Gasteiger partial charge in [-0.25, -0.2) is 13.1 Å². The van der Waals surface area contributed by atoms with E-state index in [1.54, 1.807) is 36.4 Å². The molecule has 0 unspecified atom stereocenters. The van der Waals surface area contributed by atoms with Gasteiger partial charge in [-0.3, -0.25) is 9.59 Å². The Balaban J connectivity index is 1.41. The van der Waals surface area contributed by atoms with E-state index in [-0.39, 0.29) is 22.8 Å². The van der Waals surface area contributed by atoms with E-state index in [0.29, 0.717) is 21.8 Å². The summed E-state index contributed by atoms with van der Waals surface area (Å²) in [5.41, 5.74) is 1.39. The Morgan fingerprint density at radius 3 is 2.13 bits per heavy atom. The first kappa shape index (κ1) is 20.3. The Bertz CT molecular complexity index is 1170. The quantitative estimate of drug-likeness (QED) is 0.520. The van der Waals surface area contributed by atoms with Crippen molar-refractivity contribution < 1.29 is 18.0 Å². The van der Waals surface area contributed by atoms with Crippen LogP contribution in [-0.2, 0) is 10.0 Å². The largest absolute Gasteiger partial charge is 0.322 e. The molecule has 0 atom stereocenters. The summed E-state index contributed by atoms with van der Waals surface area (Å²) in [7, 11) is -3.56. The summed E-state index contributed by atoms with van der Waals surface area (Å²) in [6, 6.07) is 16.1. The summed E-state index contributed by atoms with van der Waals surface area (Å²) in [5.74, 6) is -0.596. The third-order valence-electron chi connectivity index (χ3n) is 4.45. The molecule has 0 radical (unpaired) electrons. The van der Waals surface area contributed by atoms with Crippen molar-refractivity contribution in [3.8, 4) is 0 Å². The van der Waals surface area contributed by atoms with Crippen LogP contribution >= 0.6 is 11.3 Å². The number of anilines is 2. The van der Waals surface area contributed by atoms with Gasteiger partial charge in [0.25, 0.3) is 11.8 Å². The lowest BCUT2D eigenvalue weighted by molar-refractivity contribution is 0.102. The molecule has 7 nitrogen and oxygen atoms in total. The van der Waals surface area contributed by atoms with Gasteiger partial charge in [0.05, 0.1) is 9.77 Å². The molecule has 154 valence electrons. The van der Waals surface area contributed by atoms with Crippen LogP contribution in [0.5, 0.6) is 0 Å². The van der Waals surface area contributed by atoms with Crippen LogP contribution in [0.25, 0.3) is 0 Å². The molecule has 1 fully saturated rings. The molecule has 3 N–H and O–H groups in total. The minimum absolute atomic E-state index is 0.0190. The van der Waals surface area contributed by atoms with Crippen LogP contribution in [-0.4, -0.2) is 26.3 Å². The molecule has 30 heavy (non-hydrogen) atoms. The van der Waals surface area contributed by atoms with Crippen LogP contribution in [0, 0.1) is 0 Å². The second-order valence-corrected chi connectivity index (χ2v) is 9.55. The van der Waals surface area contributed by atoms with Gasteiger partial charge < -0.3 is 10.6 Å². The summed E-state index contributed by atoms with van der Waals surface area (Å²) in [6.07, 6.45) is 1.71. The second kappa shape index (κ2) is 8.39. The van der Waals surface area contributed by atoms with Crippen molar-refractivity contribution in [1.29, 1.82) is 0 Å². The molecule has 0 aliphatic heterocycles. The van der Waals surface area contributed by atoms with E-state index in [2.05, 4.69) is 15.4 Å². The first-order valence-electron chi connectivity index (χ1n) is 9.29. The summed E-state index contributed by atoms with van der Waals surface area (Å²) in [4.78, 5) is 25.4. The Kier molecular flexibility index (Phi) is 5.67. The third-order valence-corrected chi connectivity index (χ3v) is 6.85. The molecule has 1 aliphatic rings. The summed E-state index contributed by atoms with van der Waals surface area (Å²) < 4.78 is 27.0. The van der Waals surface area contributed by atoms with Crippen LogP contribution in [0.2, 0.25) is 0 Å². The Hall–Kier alpha value is -3.01. The number of sulfonamides is 1. The maximum Gasteiger partial charge on any atom is 0.265 e. The van der Waals surface area contributed by atoms with Crippen LogP contribution < -0.4 is 15.4 Å². The lowest BCUT2D eigenvalue weighted by Crippen LogP contribution is -2.25. The molecule has 9 heteroatoms. The number of nitrogens with one attached hydrogen (secondary N) is 3. The van der Waals surface area contributed by atoms with Gasteiger partial charge in [0.2, 0.25) is 10.0 Å². The molecule has 1 aliphatic carbocycles. The van der Waals surface area contributed by atoms with Gasteiger partial charge in [0.1, 0.15) is 0 Å². The molecule has 1 aromatic heterocycles.